The molecular formula is C36H68NO6P. The Balaban J connectivity index is 2.15. The van der Waals surface area contributed by atoms with E-state index in [4.69, 9.17) is 18.5 Å². The van der Waals surface area contributed by atoms with Gasteiger partial charge in [-0.2, -0.15) is 0 Å². The van der Waals surface area contributed by atoms with Crippen LogP contribution in [0.15, 0.2) is 30.3 Å². The predicted octanol–water partition coefficient (Wildman–Crippen LogP) is 9.23. The molecule has 0 aromatic heterocycles. The fourth-order valence-corrected chi connectivity index (χ4v) is 5.93. The van der Waals surface area contributed by atoms with Gasteiger partial charge in [0.15, 0.2) is 0 Å². The summed E-state index contributed by atoms with van der Waals surface area (Å²) in [5.74, 6) is 0. The van der Waals surface area contributed by atoms with E-state index >= 15 is 0 Å². The monoisotopic (exact) mass is 641 g/mol. The van der Waals surface area contributed by atoms with Gasteiger partial charge in [-0.25, -0.2) is 0 Å². The van der Waals surface area contributed by atoms with Crippen LogP contribution < -0.4 is 4.89 Å². The first kappa shape index (κ1) is 41.2. The molecule has 0 heterocycles. The fraction of sp³-hybridized carbons (Fsp3) is 0.833. The number of phosphoric ester groups is 1. The molecule has 0 amide bonds. The van der Waals surface area contributed by atoms with Crippen molar-refractivity contribution in [3.05, 3.63) is 35.9 Å². The third kappa shape index (κ3) is 27.5. The van der Waals surface area contributed by atoms with Crippen molar-refractivity contribution in [3.8, 4) is 0 Å². The Morgan fingerprint density at radius 3 is 1.70 bits per heavy atom. The Hall–Kier alpha value is -0.790. The van der Waals surface area contributed by atoms with Gasteiger partial charge in [-0.05, 0) is 31.2 Å². The number of hydrogen-bond acceptors (Lipinski definition) is 6. The van der Waals surface area contributed by atoms with Gasteiger partial charge in [-0.1, -0.05) is 134 Å². The number of nitrogens with zero attached hydrogens (tertiary/aromatic N) is 1. The van der Waals surface area contributed by atoms with Gasteiger partial charge in [0.1, 0.15) is 6.10 Å². The van der Waals surface area contributed by atoms with Crippen LogP contribution in [0.1, 0.15) is 134 Å². The third-order valence-electron chi connectivity index (χ3n) is 7.92. The topological polar surface area (TPSA) is 77.1 Å². The molecule has 0 aliphatic carbocycles. The molecule has 0 aliphatic heterocycles. The van der Waals surface area contributed by atoms with Gasteiger partial charge in [0.05, 0.1) is 54.1 Å². The zero-order chi connectivity index (χ0) is 32.2. The van der Waals surface area contributed by atoms with Crippen LogP contribution >= 0.6 is 7.82 Å². The smallest absolute Gasteiger partial charge is 0.267 e. The van der Waals surface area contributed by atoms with Crippen LogP contribution in [0.2, 0.25) is 0 Å². The number of unbranched alkanes of at least 4 members (excludes halogenated alkanes) is 17. The lowest BCUT2D eigenvalue weighted by Crippen LogP contribution is -2.35. The van der Waals surface area contributed by atoms with E-state index < -0.39 is 13.9 Å². The number of ether oxygens (including phenoxy) is 2. The largest absolute Gasteiger partial charge is 0.756 e. The first-order valence-corrected chi connectivity index (χ1v) is 19.3. The number of phosphoric acid groups is 1. The SMILES string of the molecule is CCCCCCCCCCCCCCCCCCOCC(COP(=O)([O-])OCCCCC[N+](C)(C)C)OCc1ccccc1. The van der Waals surface area contributed by atoms with Crippen LogP contribution in [0.3, 0.4) is 0 Å². The lowest BCUT2D eigenvalue weighted by Gasteiger charge is -2.26. The van der Waals surface area contributed by atoms with Crippen LogP contribution in [-0.2, 0) is 29.7 Å². The molecule has 0 saturated heterocycles. The zero-order valence-electron chi connectivity index (χ0n) is 29.0. The van der Waals surface area contributed by atoms with E-state index in [9.17, 15) is 9.46 Å². The molecule has 2 unspecified atom stereocenters. The lowest BCUT2D eigenvalue weighted by molar-refractivity contribution is -0.870. The molecule has 0 aliphatic rings. The summed E-state index contributed by atoms with van der Waals surface area (Å²) in [6.07, 6.45) is 23.5. The maximum Gasteiger partial charge on any atom is 0.267 e. The predicted molar refractivity (Wildman–Crippen MR) is 182 cm³/mol. The van der Waals surface area contributed by atoms with Crippen LogP contribution in [0.25, 0.3) is 0 Å². The molecule has 0 bridgehead atoms. The van der Waals surface area contributed by atoms with Crippen molar-refractivity contribution in [1.29, 1.82) is 0 Å². The van der Waals surface area contributed by atoms with E-state index in [0.717, 1.165) is 42.3 Å². The third-order valence-corrected chi connectivity index (χ3v) is 8.88. The molecule has 0 N–H and O–H groups in total. The summed E-state index contributed by atoms with van der Waals surface area (Å²) in [7, 11) is 2.06. The van der Waals surface area contributed by atoms with E-state index in [0.29, 0.717) is 19.6 Å². The Morgan fingerprint density at radius 1 is 0.659 bits per heavy atom. The first-order valence-electron chi connectivity index (χ1n) is 17.9. The number of rotatable bonds is 32. The van der Waals surface area contributed by atoms with Crippen LogP contribution in [0.5, 0.6) is 0 Å². The van der Waals surface area contributed by atoms with Crippen LogP contribution in [-0.4, -0.2) is 64.7 Å². The van der Waals surface area contributed by atoms with Gasteiger partial charge in [0, 0.05) is 6.61 Å². The quantitative estimate of drug-likeness (QED) is 0.0443. The molecule has 0 radical (unpaired) electrons. The molecular weight excluding hydrogens is 573 g/mol. The molecule has 1 rings (SSSR count). The van der Waals surface area contributed by atoms with Gasteiger partial charge in [0.2, 0.25) is 0 Å². The summed E-state index contributed by atoms with van der Waals surface area (Å²) in [6, 6.07) is 9.83. The standard InChI is InChI=1S/C36H68NO6P/c1-5-6-7-8-9-10-11-12-13-14-15-16-17-18-19-25-30-40-33-36(41-32-35-27-22-20-23-28-35)34-43-44(38,39)42-31-26-21-24-29-37(2,3)4/h20,22-23,27-28,36H,5-19,21,24-26,29-34H2,1-4H3. The van der Waals surface area contributed by atoms with E-state index in [1.807, 2.05) is 30.3 Å². The van der Waals surface area contributed by atoms with Crippen molar-refractivity contribution in [2.75, 3.05) is 54.1 Å². The maximum absolute atomic E-state index is 12.3. The van der Waals surface area contributed by atoms with Crippen LogP contribution in [0, 0.1) is 0 Å². The van der Waals surface area contributed by atoms with E-state index in [1.165, 1.54) is 89.9 Å². The summed E-state index contributed by atoms with van der Waals surface area (Å²) in [6.45, 7) is 4.65. The van der Waals surface area contributed by atoms with Gasteiger partial charge < -0.3 is 27.9 Å². The first-order chi connectivity index (χ1) is 21.2. The van der Waals surface area contributed by atoms with Gasteiger partial charge >= 0.3 is 0 Å². The average Bonchev–Trinajstić information content (AvgIpc) is 2.99. The molecule has 1 aromatic rings. The number of quaternary nitrogens is 1. The lowest BCUT2D eigenvalue weighted by atomic mass is 10.0. The molecule has 2 atom stereocenters. The highest BCUT2D eigenvalue weighted by molar-refractivity contribution is 7.45. The molecule has 0 spiro atoms. The highest BCUT2D eigenvalue weighted by Gasteiger charge is 2.17. The van der Waals surface area contributed by atoms with Gasteiger partial charge in [-0.3, -0.25) is 4.57 Å². The second-order valence-corrected chi connectivity index (χ2v) is 14.9. The van der Waals surface area contributed by atoms with Crippen molar-refractivity contribution < 1.29 is 32.5 Å². The highest BCUT2D eigenvalue weighted by Crippen LogP contribution is 2.38. The molecule has 44 heavy (non-hydrogen) atoms. The van der Waals surface area contributed by atoms with Crippen molar-refractivity contribution in [1.82, 2.24) is 0 Å². The molecule has 258 valence electrons. The Kier molecular flexibility index (Phi) is 25.6. The molecule has 8 heteroatoms. The minimum absolute atomic E-state index is 0.117. The second-order valence-electron chi connectivity index (χ2n) is 13.4. The summed E-state index contributed by atoms with van der Waals surface area (Å²) in [5.41, 5.74) is 1.02. The maximum atomic E-state index is 12.3. The van der Waals surface area contributed by atoms with Crippen LogP contribution in [0.4, 0.5) is 0 Å². The Labute approximate surface area is 271 Å². The van der Waals surface area contributed by atoms with E-state index in [-0.39, 0.29) is 19.8 Å². The second kappa shape index (κ2) is 27.3. The average molecular weight is 642 g/mol. The van der Waals surface area contributed by atoms with E-state index in [2.05, 4.69) is 28.1 Å². The Bertz CT molecular complexity index is 804. The number of benzene rings is 1. The molecule has 1 aromatic carbocycles. The van der Waals surface area contributed by atoms with Crippen molar-refractivity contribution in [3.63, 3.8) is 0 Å². The number of hydrogen-bond donors (Lipinski definition) is 0. The van der Waals surface area contributed by atoms with E-state index in [1.54, 1.807) is 0 Å². The summed E-state index contributed by atoms with van der Waals surface area (Å²) in [5, 5.41) is 0. The minimum Gasteiger partial charge on any atom is -0.756 e. The summed E-state index contributed by atoms with van der Waals surface area (Å²) in [4.78, 5) is 12.3. The minimum atomic E-state index is -4.39. The van der Waals surface area contributed by atoms with Crippen molar-refractivity contribution in [2.24, 2.45) is 0 Å². The zero-order valence-corrected chi connectivity index (χ0v) is 29.9. The molecule has 7 nitrogen and oxygen atoms in total. The molecule has 0 saturated carbocycles. The van der Waals surface area contributed by atoms with Gasteiger partial charge in [0.25, 0.3) is 7.82 Å². The summed E-state index contributed by atoms with van der Waals surface area (Å²) < 4.78 is 35.4. The fourth-order valence-electron chi connectivity index (χ4n) is 5.15. The normalized spacial score (nSPS) is 14.1. The van der Waals surface area contributed by atoms with Crippen molar-refractivity contribution in [2.45, 2.75) is 142 Å². The molecule has 0 fully saturated rings. The highest BCUT2D eigenvalue weighted by atomic mass is 31.2. The van der Waals surface area contributed by atoms with Crippen molar-refractivity contribution >= 4 is 7.82 Å². The summed E-state index contributed by atoms with van der Waals surface area (Å²) >= 11 is 0. The Morgan fingerprint density at radius 2 is 1.16 bits per heavy atom. The van der Waals surface area contributed by atoms with Gasteiger partial charge in [-0.15, -0.1) is 0 Å².